The van der Waals surface area contributed by atoms with Crippen molar-refractivity contribution in [3.8, 4) is 5.75 Å². The lowest BCUT2D eigenvalue weighted by Gasteiger charge is -2.35. The van der Waals surface area contributed by atoms with Gasteiger partial charge in [-0.05, 0) is 73.2 Å². The zero-order valence-electron chi connectivity index (χ0n) is 24.0. The summed E-state index contributed by atoms with van der Waals surface area (Å²) in [7, 11) is 1.53. The van der Waals surface area contributed by atoms with Gasteiger partial charge in [-0.2, -0.15) is 0 Å². The molecule has 5 rings (SSSR count). The van der Waals surface area contributed by atoms with Crippen LogP contribution in [0.3, 0.4) is 0 Å². The third kappa shape index (κ3) is 7.85. The van der Waals surface area contributed by atoms with E-state index in [-0.39, 0.29) is 18.2 Å². The molecule has 2 aliphatic rings. The first kappa shape index (κ1) is 31.2. The molecule has 2 heterocycles. The third-order valence-corrected chi connectivity index (χ3v) is 8.77. The fourth-order valence-electron chi connectivity index (χ4n) is 5.52. The van der Waals surface area contributed by atoms with Crippen LogP contribution in [-0.2, 0) is 16.1 Å². The van der Waals surface area contributed by atoms with E-state index in [1.165, 1.54) is 17.6 Å². The van der Waals surface area contributed by atoms with Crippen LogP contribution in [0.15, 0.2) is 72.8 Å². The SMILES string of the molecule is COc1ccc(N2C(=O)[C@@H](CC(=O)Nc3ccc(Cl)cc3)N(CCCN3CCN(Cc4ccccc4)CC3)C2=S)cc1Cl. The smallest absolute Gasteiger partial charge is 0.256 e. The Morgan fingerprint density at radius 2 is 1.65 bits per heavy atom. The number of nitrogens with one attached hydrogen (secondary N) is 1. The molecule has 0 bridgehead atoms. The summed E-state index contributed by atoms with van der Waals surface area (Å²) in [5, 5.41) is 4.18. The van der Waals surface area contributed by atoms with Crippen molar-refractivity contribution in [2.75, 3.05) is 56.6 Å². The predicted octanol–water partition coefficient (Wildman–Crippen LogP) is 5.54. The number of piperazine rings is 1. The number of halogens is 2. The highest BCUT2D eigenvalue weighted by Crippen LogP contribution is 2.33. The lowest BCUT2D eigenvalue weighted by atomic mass is 10.1. The maximum Gasteiger partial charge on any atom is 0.256 e. The average Bonchev–Trinajstić information content (AvgIpc) is 3.23. The number of carbonyl (C=O) groups is 2. The maximum absolute atomic E-state index is 13.8. The standard InChI is InChI=1S/C32H35Cl2N5O3S/c1-42-29-13-12-26(20-27(29)34)39-31(41)28(21-30(40)35-25-10-8-24(33)9-11-25)38(32(39)43)15-5-14-36-16-18-37(19-17-36)22-23-6-3-2-4-7-23/h2-4,6-13,20,28H,5,14-19,21-22H2,1H3,(H,35,40)/t28-/m1/s1. The van der Waals surface area contributed by atoms with Crippen LogP contribution in [0.1, 0.15) is 18.4 Å². The zero-order chi connectivity index (χ0) is 30.3. The van der Waals surface area contributed by atoms with Crippen molar-refractivity contribution in [3.05, 3.63) is 88.4 Å². The average molecular weight is 641 g/mol. The number of anilines is 2. The molecule has 2 saturated heterocycles. The molecule has 0 radical (unpaired) electrons. The van der Waals surface area contributed by atoms with Crippen LogP contribution in [-0.4, -0.2) is 84.0 Å². The Morgan fingerprint density at radius 3 is 2.33 bits per heavy atom. The summed E-state index contributed by atoms with van der Waals surface area (Å²) in [6, 6.07) is 21.8. The Kier molecular flexibility index (Phi) is 10.5. The van der Waals surface area contributed by atoms with Crippen molar-refractivity contribution in [2.45, 2.75) is 25.4 Å². The van der Waals surface area contributed by atoms with E-state index in [4.69, 9.17) is 40.2 Å². The van der Waals surface area contributed by atoms with Gasteiger partial charge >= 0.3 is 0 Å². The summed E-state index contributed by atoms with van der Waals surface area (Å²) >= 11 is 18.2. The van der Waals surface area contributed by atoms with Crippen LogP contribution in [0.5, 0.6) is 5.75 Å². The van der Waals surface area contributed by atoms with Gasteiger partial charge in [0.2, 0.25) is 5.91 Å². The molecular formula is C32H35Cl2N5O3S. The summed E-state index contributed by atoms with van der Waals surface area (Å²) < 4.78 is 5.27. The normalized spacial score (nSPS) is 17.9. The molecule has 8 nitrogen and oxygen atoms in total. The largest absolute Gasteiger partial charge is 0.495 e. The van der Waals surface area contributed by atoms with E-state index in [1.54, 1.807) is 42.5 Å². The number of rotatable bonds is 11. The molecular weight excluding hydrogens is 605 g/mol. The Morgan fingerprint density at radius 1 is 0.953 bits per heavy atom. The van der Waals surface area contributed by atoms with E-state index in [2.05, 4.69) is 39.4 Å². The second-order valence-corrected chi connectivity index (χ2v) is 11.9. The quantitative estimate of drug-likeness (QED) is 0.276. The van der Waals surface area contributed by atoms with Crippen molar-refractivity contribution >= 4 is 63.7 Å². The van der Waals surface area contributed by atoms with Gasteiger partial charge in [-0.25, -0.2) is 0 Å². The van der Waals surface area contributed by atoms with Gasteiger partial charge in [-0.1, -0.05) is 53.5 Å². The summed E-state index contributed by atoms with van der Waals surface area (Å²) in [5.41, 5.74) is 2.48. The van der Waals surface area contributed by atoms with Crippen LogP contribution < -0.4 is 15.0 Å². The van der Waals surface area contributed by atoms with Gasteiger partial charge in [0.15, 0.2) is 5.11 Å². The molecule has 1 atom stereocenters. The third-order valence-electron chi connectivity index (χ3n) is 7.81. The molecule has 3 aromatic carbocycles. The molecule has 2 aliphatic heterocycles. The number of hydrogen-bond acceptors (Lipinski definition) is 6. The number of hydrogen-bond donors (Lipinski definition) is 1. The van der Waals surface area contributed by atoms with Crippen molar-refractivity contribution < 1.29 is 14.3 Å². The number of thiocarbonyl (C=S) groups is 1. The van der Waals surface area contributed by atoms with Gasteiger partial charge in [-0.15, -0.1) is 0 Å². The van der Waals surface area contributed by atoms with Gasteiger partial charge in [0.05, 0.1) is 24.2 Å². The number of carbonyl (C=O) groups excluding carboxylic acids is 2. The summed E-state index contributed by atoms with van der Waals surface area (Å²) in [6.45, 7) is 6.38. The van der Waals surface area contributed by atoms with E-state index in [0.717, 1.165) is 45.7 Å². The number of methoxy groups -OCH3 is 1. The lowest BCUT2D eigenvalue weighted by molar-refractivity contribution is -0.124. The van der Waals surface area contributed by atoms with Gasteiger partial charge < -0.3 is 19.9 Å². The highest BCUT2D eigenvalue weighted by atomic mass is 35.5. The van der Waals surface area contributed by atoms with E-state index < -0.39 is 6.04 Å². The molecule has 0 unspecified atom stereocenters. The van der Waals surface area contributed by atoms with E-state index in [9.17, 15) is 9.59 Å². The molecule has 2 fully saturated rings. The van der Waals surface area contributed by atoms with E-state index in [1.807, 2.05) is 11.0 Å². The molecule has 226 valence electrons. The topological polar surface area (TPSA) is 68.4 Å². The van der Waals surface area contributed by atoms with Crippen LogP contribution in [0.25, 0.3) is 0 Å². The van der Waals surface area contributed by atoms with Crippen molar-refractivity contribution in [1.82, 2.24) is 14.7 Å². The number of benzene rings is 3. The molecule has 0 aromatic heterocycles. The number of ether oxygens (including phenoxy) is 1. The summed E-state index contributed by atoms with van der Waals surface area (Å²) in [5.74, 6) is -0.0350. The number of nitrogens with zero attached hydrogens (tertiary/aromatic N) is 4. The molecule has 0 spiro atoms. The summed E-state index contributed by atoms with van der Waals surface area (Å²) in [4.78, 5) is 35.1. The van der Waals surface area contributed by atoms with Crippen molar-refractivity contribution in [1.29, 1.82) is 0 Å². The van der Waals surface area contributed by atoms with Gasteiger partial charge in [0.25, 0.3) is 5.91 Å². The second kappa shape index (κ2) is 14.5. The molecule has 0 saturated carbocycles. The van der Waals surface area contributed by atoms with Gasteiger partial charge in [0, 0.05) is 50.0 Å². The predicted molar refractivity (Wildman–Crippen MR) is 176 cm³/mol. The zero-order valence-corrected chi connectivity index (χ0v) is 26.4. The first-order valence-electron chi connectivity index (χ1n) is 14.3. The van der Waals surface area contributed by atoms with Gasteiger partial charge in [-0.3, -0.25) is 19.4 Å². The van der Waals surface area contributed by atoms with Crippen molar-refractivity contribution in [3.63, 3.8) is 0 Å². The first-order valence-corrected chi connectivity index (χ1v) is 15.5. The molecule has 11 heteroatoms. The Hall–Kier alpha value is -3.21. The monoisotopic (exact) mass is 639 g/mol. The van der Waals surface area contributed by atoms with Crippen LogP contribution in [0.4, 0.5) is 11.4 Å². The minimum absolute atomic E-state index is 0.0415. The van der Waals surface area contributed by atoms with Gasteiger partial charge in [0.1, 0.15) is 11.8 Å². The highest BCUT2D eigenvalue weighted by Gasteiger charge is 2.44. The molecule has 43 heavy (non-hydrogen) atoms. The molecule has 2 amide bonds. The van der Waals surface area contributed by atoms with E-state index in [0.29, 0.717) is 38.8 Å². The first-order chi connectivity index (χ1) is 20.8. The molecule has 0 aliphatic carbocycles. The second-order valence-electron chi connectivity index (χ2n) is 10.7. The number of amides is 2. The minimum Gasteiger partial charge on any atom is -0.495 e. The Labute approximate surface area is 268 Å². The molecule has 1 N–H and O–H groups in total. The Bertz CT molecular complexity index is 1430. The minimum atomic E-state index is -0.733. The van der Waals surface area contributed by atoms with Crippen LogP contribution in [0, 0.1) is 0 Å². The fraction of sp³-hybridized carbons (Fsp3) is 0.344. The highest BCUT2D eigenvalue weighted by molar-refractivity contribution is 7.80. The Balaban J connectivity index is 1.23. The van der Waals surface area contributed by atoms with Crippen molar-refractivity contribution in [2.24, 2.45) is 0 Å². The lowest BCUT2D eigenvalue weighted by Crippen LogP contribution is -2.47. The van der Waals surface area contributed by atoms with E-state index >= 15 is 0 Å². The summed E-state index contributed by atoms with van der Waals surface area (Å²) in [6.07, 6.45) is 0.763. The van der Waals surface area contributed by atoms with Crippen LogP contribution >= 0.6 is 35.4 Å². The molecule has 3 aromatic rings. The fourth-order valence-corrected chi connectivity index (χ4v) is 6.31. The maximum atomic E-state index is 13.8. The van der Waals surface area contributed by atoms with Crippen LogP contribution in [0.2, 0.25) is 10.0 Å².